The Bertz CT molecular complexity index is 698. The number of rotatable bonds is 7. The summed E-state index contributed by atoms with van der Waals surface area (Å²) in [5.74, 6) is 1.09. The number of nitrogens with zero attached hydrogens (tertiary/aromatic N) is 3. The maximum atomic E-state index is 4.71. The van der Waals surface area contributed by atoms with Crippen LogP contribution in [0.5, 0.6) is 0 Å². The lowest BCUT2D eigenvalue weighted by Crippen LogP contribution is -2.20. The van der Waals surface area contributed by atoms with Crippen molar-refractivity contribution in [2.45, 2.75) is 39.3 Å². The third-order valence-electron chi connectivity index (χ3n) is 3.88. The van der Waals surface area contributed by atoms with Gasteiger partial charge in [0, 0.05) is 18.9 Å². The first-order chi connectivity index (χ1) is 10.7. The Morgan fingerprint density at radius 1 is 1.27 bits per heavy atom. The predicted octanol–water partition coefficient (Wildman–Crippen LogP) is 3.93. The smallest absolute Gasteiger partial charge is 0.111 e. The Morgan fingerprint density at radius 2 is 2.14 bits per heavy atom. The van der Waals surface area contributed by atoms with E-state index in [9.17, 15) is 0 Å². The molecule has 0 fully saturated rings. The molecule has 0 aliphatic heterocycles. The third-order valence-corrected chi connectivity index (χ3v) is 5.10. The molecule has 0 spiro atoms. The molecule has 2 aromatic heterocycles. The number of hydrogen-bond donors (Lipinski definition) is 1. The molecule has 116 valence electrons. The highest BCUT2D eigenvalue weighted by Crippen LogP contribution is 2.25. The van der Waals surface area contributed by atoms with Gasteiger partial charge >= 0.3 is 0 Å². The number of thiazole rings is 1. The van der Waals surface area contributed by atoms with Gasteiger partial charge in [-0.1, -0.05) is 12.1 Å². The molecule has 0 radical (unpaired) electrons. The molecule has 5 heteroatoms. The summed E-state index contributed by atoms with van der Waals surface area (Å²) in [7, 11) is 0. The van der Waals surface area contributed by atoms with E-state index in [1.54, 1.807) is 11.3 Å². The molecular formula is C17H22N4S. The van der Waals surface area contributed by atoms with Gasteiger partial charge in [-0.25, -0.2) is 9.97 Å². The number of para-hydroxylation sites is 1. The number of benzene rings is 1. The zero-order valence-corrected chi connectivity index (χ0v) is 13.9. The summed E-state index contributed by atoms with van der Waals surface area (Å²) in [6.45, 7) is 6.30. The molecular weight excluding hydrogens is 292 g/mol. The minimum atomic E-state index is 0.312. The van der Waals surface area contributed by atoms with Crippen molar-refractivity contribution in [2.75, 3.05) is 6.54 Å². The first-order valence-electron chi connectivity index (χ1n) is 7.80. The van der Waals surface area contributed by atoms with Crippen LogP contribution in [-0.2, 0) is 6.54 Å². The van der Waals surface area contributed by atoms with Crippen LogP contribution < -0.4 is 5.32 Å². The molecule has 1 N–H and O–H groups in total. The van der Waals surface area contributed by atoms with Crippen molar-refractivity contribution < 1.29 is 0 Å². The SMILES string of the molecule is Cc1nccn1CCCCN[C@@H](C)c1nc2ccccc2s1. The number of imidazole rings is 1. The fourth-order valence-corrected chi connectivity index (χ4v) is 3.52. The van der Waals surface area contributed by atoms with Crippen molar-refractivity contribution >= 4 is 21.6 Å². The molecule has 0 amide bonds. The Kier molecular flexibility index (Phi) is 4.85. The average molecular weight is 314 g/mol. The molecule has 0 saturated carbocycles. The van der Waals surface area contributed by atoms with Crippen molar-refractivity contribution in [3.8, 4) is 0 Å². The Balaban J connectivity index is 1.44. The van der Waals surface area contributed by atoms with Crippen molar-refractivity contribution in [3.63, 3.8) is 0 Å². The summed E-state index contributed by atoms with van der Waals surface area (Å²) in [6.07, 6.45) is 6.24. The van der Waals surface area contributed by atoms with Crippen LogP contribution in [0.25, 0.3) is 10.2 Å². The van der Waals surface area contributed by atoms with E-state index in [4.69, 9.17) is 4.98 Å². The van der Waals surface area contributed by atoms with Crippen LogP contribution in [0.1, 0.15) is 36.6 Å². The van der Waals surface area contributed by atoms with E-state index < -0.39 is 0 Å². The maximum absolute atomic E-state index is 4.71. The van der Waals surface area contributed by atoms with Gasteiger partial charge in [0.25, 0.3) is 0 Å². The number of aryl methyl sites for hydroxylation is 2. The lowest BCUT2D eigenvalue weighted by atomic mass is 10.2. The summed E-state index contributed by atoms with van der Waals surface area (Å²) in [4.78, 5) is 8.95. The molecule has 2 heterocycles. The number of hydrogen-bond acceptors (Lipinski definition) is 4. The van der Waals surface area contributed by atoms with E-state index in [2.05, 4.69) is 40.0 Å². The van der Waals surface area contributed by atoms with Gasteiger partial charge in [-0.05, 0) is 45.4 Å². The highest BCUT2D eigenvalue weighted by Gasteiger charge is 2.10. The Hall–Kier alpha value is -1.72. The van der Waals surface area contributed by atoms with E-state index >= 15 is 0 Å². The Labute approximate surface area is 135 Å². The van der Waals surface area contributed by atoms with Crippen molar-refractivity contribution in [3.05, 3.63) is 47.5 Å². The summed E-state index contributed by atoms with van der Waals surface area (Å²) in [5.41, 5.74) is 1.10. The fraction of sp³-hybridized carbons (Fsp3) is 0.412. The zero-order chi connectivity index (χ0) is 15.4. The van der Waals surface area contributed by atoms with Gasteiger partial charge in [0.05, 0.1) is 16.3 Å². The van der Waals surface area contributed by atoms with Crippen LogP contribution in [0, 0.1) is 6.92 Å². The van der Waals surface area contributed by atoms with Gasteiger partial charge in [-0.3, -0.25) is 0 Å². The first-order valence-corrected chi connectivity index (χ1v) is 8.62. The molecule has 0 aliphatic rings. The standard InChI is InChI=1S/C17H22N4S/c1-13(17-20-15-7-3-4-8-16(15)22-17)18-9-5-6-11-21-12-10-19-14(21)2/h3-4,7-8,10,12-13,18H,5-6,9,11H2,1-2H3/t13-/m0/s1. The third kappa shape index (κ3) is 3.54. The van der Waals surface area contributed by atoms with Crippen molar-refractivity contribution in [2.24, 2.45) is 0 Å². The summed E-state index contributed by atoms with van der Waals surface area (Å²) >= 11 is 1.78. The monoisotopic (exact) mass is 314 g/mol. The maximum Gasteiger partial charge on any atom is 0.111 e. The summed E-state index contributed by atoms with van der Waals surface area (Å²) < 4.78 is 3.47. The van der Waals surface area contributed by atoms with E-state index in [-0.39, 0.29) is 0 Å². The van der Waals surface area contributed by atoms with E-state index in [1.807, 2.05) is 25.4 Å². The molecule has 1 aromatic carbocycles. The normalized spacial score (nSPS) is 12.8. The van der Waals surface area contributed by atoms with Crippen LogP contribution in [-0.4, -0.2) is 21.1 Å². The summed E-state index contributed by atoms with van der Waals surface area (Å²) in [6, 6.07) is 8.64. The van der Waals surface area contributed by atoms with E-state index in [0.29, 0.717) is 6.04 Å². The topological polar surface area (TPSA) is 42.7 Å². The van der Waals surface area contributed by atoms with Crippen LogP contribution in [0.3, 0.4) is 0 Å². The fourth-order valence-electron chi connectivity index (χ4n) is 2.53. The quantitative estimate of drug-likeness (QED) is 0.672. The highest BCUT2D eigenvalue weighted by atomic mass is 32.1. The van der Waals surface area contributed by atoms with Gasteiger partial charge in [-0.2, -0.15) is 0 Å². The predicted molar refractivity (Wildman–Crippen MR) is 92.2 cm³/mol. The van der Waals surface area contributed by atoms with Gasteiger partial charge in [-0.15, -0.1) is 11.3 Å². The number of aromatic nitrogens is 3. The summed E-state index contributed by atoms with van der Waals surface area (Å²) in [5, 5.41) is 4.75. The minimum absolute atomic E-state index is 0.312. The van der Waals surface area contributed by atoms with E-state index in [1.165, 1.54) is 9.71 Å². The molecule has 4 nitrogen and oxygen atoms in total. The molecule has 1 atom stereocenters. The van der Waals surface area contributed by atoms with Gasteiger partial charge in [0.2, 0.25) is 0 Å². The second kappa shape index (κ2) is 7.03. The van der Waals surface area contributed by atoms with E-state index in [0.717, 1.165) is 37.3 Å². The lowest BCUT2D eigenvalue weighted by molar-refractivity contribution is 0.519. The van der Waals surface area contributed by atoms with Crippen molar-refractivity contribution in [1.82, 2.24) is 19.9 Å². The molecule has 0 unspecified atom stereocenters. The zero-order valence-electron chi connectivity index (χ0n) is 13.1. The van der Waals surface area contributed by atoms with Gasteiger partial charge in [0.1, 0.15) is 10.8 Å². The molecule has 3 aromatic rings. The molecule has 0 saturated heterocycles. The van der Waals surface area contributed by atoms with Crippen molar-refractivity contribution in [1.29, 1.82) is 0 Å². The molecule has 0 aliphatic carbocycles. The molecule has 3 rings (SSSR count). The highest BCUT2D eigenvalue weighted by molar-refractivity contribution is 7.18. The second-order valence-corrected chi connectivity index (χ2v) is 6.63. The van der Waals surface area contributed by atoms with Crippen LogP contribution >= 0.6 is 11.3 Å². The number of fused-ring (bicyclic) bond motifs is 1. The Morgan fingerprint density at radius 3 is 2.91 bits per heavy atom. The largest absolute Gasteiger partial charge is 0.335 e. The number of unbranched alkanes of at least 4 members (excludes halogenated alkanes) is 1. The second-order valence-electron chi connectivity index (χ2n) is 5.57. The van der Waals surface area contributed by atoms with Crippen LogP contribution in [0.2, 0.25) is 0 Å². The van der Waals surface area contributed by atoms with Crippen LogP contribution in [0.15, 0.2) is 36.7 Å². The minimum Gasteiger partial charge on any atom is -0.335 e. The lowest BCUT2D eigenvalue weighted by Gasteiger charge is -2.11. The average Bonchev–Trinajstić information content (AvgIpc) is 3.13. The van der Waals surface area contributed by atoms with Crippen LogP contribution in [0.4, 0.5) is 0 Å². The molecule has 0 bridgehead atoms. The van der Waals surface area contributed by atoms with Gasteiger partial charge in [0.15, 0.2) is 0 Å². The molecule has 22 heavy (non-hydrogen) atoms. The van der Waals surface area contributed by atoms with Gasteiger partial charge < -0.3 is 9.88 Å². The number of nitrogens with one attached hydrogen (secondary N) is 1. The first kappa shape index (κ1) is 15.2.